The van der Waals surface area contributed by atoms with Gasteiger partial charge in [-0.05, 0) is 41.1 Å². The van der Waals surface area contributed by atoms with E-state index in [1.54, 1.807) is 14.0 Å². The molecule has 0 spiro atoms. The molecule has 0 saturated carbocycles. The highest BCUT2D eigenvalue weighted by Gasteiger charge is 2.27. The zero-order chi connectivity index (χ0) is 15.4. The van der Waals surface area contributed by atoms with Crippen LogP contribution < -0.4 is 0 Å². The van der Waals surface area contributed by atoms with Crippen molar-refractivity contribution in [3.05, 3.63) is 40.5 Å². The van der Waals surface area contributed by atoms with Gasteiger partial charge in [-0.1, -0.05) is 0 Å². The first-order chi connectivity index (χ1) is 9.82. The normalized spacial score (nSPS) is 12.2. The molecule has 1 aromatic carbocycles. The molecule has 9 heteroatoms. The summed E-state index contributed by atoms with van der Waals surface area (Å²) in [6.45, 7) is 1.63. The van der Waals surface area contributed by atoms with Gasteiger partial charge in [0.1, 0.15) is 12.1 Å². The third kappa shape index (κ3) is 2.07. The average Bonchev–Trinajstić information content (AvgIpc) is 2.94. The second kappa shape index (κ2) is 4.63. The monoisotopic (exact) mass is 372 g/mol. The minimum Gasteiger partial charge on any atom is -0.255 e. The van der Waals surface area contributed by atoms with E-state index in [0.717, 1.165) is 3.97 Å². The van der Waals surface area contributed by atoms with E-state index in [2.05, 4.69) is 26.0 Å². The van der Waals surface area contributed by atoms with E-state index in [-0.39, 0.29) is 10.7 Å². The number of halogens is 2. The van der Waals surface area contributed by atoms with Crippen LogP contribution in [0.15, 0.2) is 34.2 Å². The Balaban J connectivity index is 2.39. The second-order valence-electron chi connectivity index (χ2n) is 4.53. The van der Waals surface area contributed by atoms with E-state index >= 15 is 0 Å². The highest BCUT2D eigenvalue weighted by atomic mass is 79.9. The van der Waals surface area contributed by atoms with Crippen molar-refractivity contribution in [2.75, 3.05) is 0 Å². The Morgan fingerprint density at radius 1 is 1.33 bits per heavy atom. The molecule has 0 amide bonds. The summed E-state index contributed by atoms with van der Waals surface area (Å²) in [5.41, 5.74) is 0.676. The van der Waals surface area contributed by atoms with Gasteiger partial charge in [0.2, 0.25) is 0 Å². The highest BCUT2D eigenvalue weighted by molar-refractivity contribution is 9.10. The standard InChI is InChI=1S/C12H10BrFN4O2S/c1-7-11(13)9-4-3-8(14)5-10(9)18(7)21(19,20)12-15-6-17(2)16-12/h3-6H,1-2H3. The number of aryl methyl sites for hydroxylation is 1. The van der Waals surface area contributed by atoms with Crippen LogP contribution in [0.4, 0.5) is 4.39 Å². The van der Waals surface area contributed by atoms with Crippen molar-refractivity contribution in [1.29, 1.82) is 0 Å². The molecule has 6 nitrogen and oxygen atoms in total. The van der Waals surface area contributed by atoms with Gasteiger partial charge in [0.15, 0.2) is 0 Å². The van der Waals surface area contributed by atoms with Gasteiger partial charge >= 0.3 is 10.0 Å². The fraction of sp³-hybridized carbons (Fsp3) is 0.167. The van der Waals surface area contributed by atoms with Crippen LogP contribution >= 0.6 is 15.9 Å². The van der Waals surface area contributed by atoms with Gasteiger partial charge in [0, 0.05) is 22.6 Å². The van der Waals surface area contributed by atoms with Gasteiger partial charge in [-0.15, -0.1) is 5.10 Å². The van der Waals surface area contributed by atoms with Crippen LogP contribution in [0.3, 0.4) is 0 Å². The number of rotatable bonds is 2. The molecule has 0 fully saturated rings. The number of fused-ring (bicyclic) bond motifs is 1. The lowest BCUT2D eigenvalue weighted by Gasteiger charge is -2.06. The van der Waals surface area contributed by atoms with Crippen LogP contribution in [0.25, 0.3) is 10.9 Å². The van der Waals surface area contributed by atoms with Crippen LogP contribution in [0.2, 0.25) is 0 Å². The molecule has 0 N–H and O–H groups in total. The smallest absolute Gasteiger partial charge is 0.255 e. The van der Waals surface area contributed by atoms with Crippen molar-refractivity contribution < 1.29 is 12.8 Å². The summed E-state index contributed by atoms with van der Waals surface area (Å²) in [6, 6.07) is 3.98. The predicted molar refractivity (Wildman–Crippen MR) is 77.9 cm³/mol. The van der Waals surface area contributed by atoms with Gasteiger partial charge in [0.05, 0.1) is 5.52 Å². The molecule has 2 heterocycles. The van der Waals surface area contributed by atoms with Crippen LogP contribution in [0.1, 0.15) is 5.69 Å². The predicted octanol–water partition coefficient (Wildman–Crippen LogP) is 2.22. The topological polar surface area (TPSA) is 69.8 Å². The molecule has 0 aliphatic heterocycles. The van der Waals surface area contributed by atoms with Crippen molar-refractivity contribution in [2.24, 2.45) is 7.05 Å². The first-order valence-corrected chi connectivity index (χ1v) is 8.13. The van der Waals surface area contributed by atoms with Gasteiger partial charge in [-0.2, -0.15) is 8.42 Å². The second-order valence-corrected chi connectivity index (χ2v) is 7.00. The largest absolute Gasteiger partial charge is 0.305 e. The third-order valence-corrected chi connectivity index (χ3v) is 5.69. The maximum absolute atomic E-state index is 13.5. The van der Waals surface area contributed by atoms with Gasteiger partial charge in [0.25, 0.3) is 5.16 Å². The Labute approximate surface area is 128 Å². The molecule has 3 aromatic rings. The molecular weight excluding hydrogens is 363 g/mol. The Kier molecular flexibility index (Phi) is 3.14. The summed E-state index contributed by atoms with van der Waals surface area (Å²) >= 11 is 3.34. The lowest BCUT2D eigenvalue weighted by atomic mass is 10.2. The molecule has 0 saturated heterocycles. The van der Waals surface area contributed by atoms with Crippen molar-refractivity contribution in [2.45, 2.75) is 12.1 Å². The van der Waals surface area contributed by atoms with E-state index in [1.807, 2.05) is 0 Å². The Hall–Kier alpha value is -1.74. The summed E-state index contributed by atoms with van der Waals surface area (Å²) in [4.78, 5) is 3.78. The molecule has 0 aliphatic rings. The van der Waals surface area contributed by atoms with E-state index in [0.29, 0.717) is 15.6 Å². The molecule has 0 bridgehead atoms. The quantitative estimate of drug-likeness (QED) is 0.691. The minimum absolute atomic E-state index is 0.242. The van der Waals surface area contributed by atoms with E-state index in [9.17, 15) is 12.8 Å². The van der Waals surface area contributed by atoms with Gasteiger partial charge in [-0.25, -0.2) is 13.3 Å². The lowest BCUT2D eigenvalue weighted by Crippen LogP contribution is -2.16. The molecule has 0 radical (unpaired) electrons. The first-order valence-electron chi connectivity index (χ1n) is 5.89. The number of aromatic nitrogens is 4. The molecular formula is C12H10BrFN4O2S. The molecule has 3 rings (SSSR count). The number of hydrogen-bond acceptors (Lipinski definition) is 4. The molecule has 2 aromatic heterocycles. The van der Waals surface area contributed by atoms with E-state index in [4.69, 9.17) is 0 Å². The average molecular weight is 373 g/mol. The van der Waals surface area contributed by atoms with E-state index < -0.39 is 15.8 Å². The summed E-state index contributed by atoms with van der Waals surface area (Å²) in [7, 11) is -2.42. The van der Waals surface area contributed by atoms with Crippen molar-refractivity contribution in [3.63, 3.8) is 0 Å². The fourth-order valence-electron chi connectivity index (χ4n) is 2.15. The van der Waals surface area contributed by atoms with Crippen LogP contribution in [0, 0.1) is 12.7 Å². The Bertz CT molecular complexity index is 961. The Morgan fingerprint density at radius 3 is 2.67 bits per heavy atom. The molecule has 0 atom stereocenters. The maximum atomic E-state index is 13.5. The zero-order valence-corrected chi connectivity index (χ0v) is 13.5. The first kappa shape index (κ1) is 14.2. The van der Waals surface area contributed by atoms with Crippen LogP contribution in [-0.4, -0.2) is 27.2 Å². The Morgan fingerprint density at radius 2 is 2.05 bits per heavy atom. The van der Waals surface area contributed by atoms with Gasteiger partial charge < -0.3 is 0 Å². The van der Waals surface area contributed by atoms with Crippen LogP contribution in [-0.2, 0) is 17.1 Å². The summed E-state index contributed by atoms with van der Waals surface area (Å²) < 4.78 is 41.8. The SMILES string of the molecule is Cc1c(Br)c2ccc(F)cc2n1S(=O)(=O)c1ncn(C)n1. The summed E-state index contributed by atoms with van der Waals surface area (Å²) in [5.74, 6) is -0.516. The van der Waals surface area contributed by atoms with Crippen molar-refractivity contribution >= 4 is 36.9 Å². The highest BCUT2D eigenvalue weighted by Crippen LogP contribution is 2.33. The third-order valence-electron chi connectivity index (χ3n) is 3.09. The van der Waals surface area contributed by atoms with Gasteiger partial charge in [-0.3, -0.25) is 4.68 Å². The van der Waals surface area contributed by atoms with Crippen LogP contribution in [0.5, 0.6) is 0 Å². The number of nitrogens with zero attached hydrogens (tertiary/aromatic N) is 4. The molecule has 110 valence electrons. The van der Waals surface area contributed by atoms with Crippen molar-refractivity contribution in [1.82, 2.24) is 18.7 Å². The fourth-order valence-corrected chi connectivity index (χ4v) is 4.22. The molecule has 21 heavy (non-hydrogen) atoms. The van der Waals surface area contributed by atoms with E-state index in [1.165, 1.54) is 29.2 Å². The minimum atomic E-state index is -3.99. The summed E-state index contributed by atoms with van der Waals surface area (Å²) in [5, 5.41) is 4.10. The lowest BCUT2D eigenvalue weighted by molar-refractivity contribution is 0.575. The number of hydrogen-bond donors (Lipinski definition) is 0. The number of benzene rings is 1. The molecule has 0 unspecified atom stereocenters. The zero-order valence-electron chi connectivity index (χ0n) is 11.1. The van der Waals surface area contributed by atoms with Crippen molar-refractivity contribution in [3.8, 4) is 0 Å². The maximum Gasteiger partial charge on any atom is 0.305 e. The molecule has 0 aliphatic carbocycles. The summed E-state index contributed by atoms with van der Waals surface area (Å²) in [6.07, 6.45) is 1.30.